The summed E-state index contributed by atoms with van der Waals surface area (Å²) in [6.07, 6.45) is 5.24. The summed E-state index contributed by atoms with van der Waals surface area (Å²) in [4.78, 5) is 39.1. The van der Waals surface area contributed by atoms with Crippen LogP contribution in [0.4, 0.5) is 4.79 Å². The molecule has 1 aliphatic carbocycles. The highest BCUT2D eigenvalue weighted by molar-refractivity contribution is 5.88. The first-order valence-electron chi connectivity index (χ1n) is 11.7. The van der Waals surface area contributed by atoms with Crippen molar-refractivity contribution in [3.05, 3.63) is 59.7 Å². The minimum absolute atomic E-state index is 0.0366. The Labute approximate surface area is 203 Å². The molecule has 180 valence electrons. The van der Waals surface area contributed by atoms with Crippen molar-refractivity contribution in [2.45, 2.75) is 30.4 Å². The topological polar surface area (TPSA) is 105 Å². The van der Waals surface area contributed by atoms with E-state index in [9.17, 15) is 19.5 Å². The zero-order valence-corrected chi connectivity index (χ0v) is 19.1. The number of terminal acetylenes is 1. The van der Waals surface area contributed by atoms with Crippen LogP contribution >= 0.6 is 0 Å². The molecule has 2 aromatic rings. The third-order valence-electron chi connectivity index (χ3n) is 7.28. The van der Waals surface area contributed by atoms with Crippen molar-refractivity contribution in [2.75, 3.05) is 26.3 Å². The van der Waals surface area contributed by atoms with Gasteiger partial charge in [-0.25, -0.2) is 9.59 Å². The Morgan fingerprint density at radius 2 is 1.83 bits per heavy atom. The standard InChI is InChI=1S/C27H26N2O6/c1-2-7-23(24(30)29-14-17-12-13-35-27(17,16-29)25(31)32)28-26(33)34-15-22-20-10-5-3-8-18(20)19-9-4-6-11-21(19)22/h1,3-6,8-11,17,22-23H,7,12-16H2,(H,28,33)(H,31,32). The summed E-state index contributed by atoms with van der Waals surface area (Å²) < 4.78 is 11.1. The molecular formula is C27H26N2O6. The smallest absolute Gasteiger partial charge is 0.407 e. The number of amides is 2. The van der Waals surface area contributed by atoms with E-state index in [1.54, 1.807) is 0 Å². The maximum atomic E-state index is 13.2. The number of fused-ring (bicyclic) bond motifs is 4. The highest BCUT2D eigenvalue weighted by Crippen LogP contribution is 2.44. The van der Waals surface area contributed by atoms with E-state index in [0.29, 0.717) is 13.0 Å². The first kappa shape index (κ1) is 22.9. The van der Waals surface area contributed by atoms with E-state index in [-0.39, 0.29) is 38.0 Å². The molecular weight excluding hydrogens is 448 g/mol. The van der Waals surface area contributed by atoms with Crippen LogP contribution in [0.5, 0.6) is 0 Å². The predicted octanol–water partition coefficient (Wildman–Crippen LogP) is 2.62. The fraction of sp³-hybridized carbons (Fsp3) is 0.370. The molecule has 2 heterocycles. The van der Waals surface area contributed by atoms with E-state index in [1.165, 1.54) is 4.90 Å². The molecule has 3 atom stereocenters. The van der Waals surface area contributed by atoms with Crippen molar-refractivity contribution in [3.63, 3.8) is 0 Å². The van der Waals surface area contributed by atoms with Crippen molar-refractivity contribution in [1.29, 1.82) is 0 Å². The Bertz CT molecular complexity index is 1170. The summed E-state index contributed by atoms with van der Waals surface area (Å²) in [5.41, 5.74) is 3.01. The van der Waals surface area contributed by atoms with Crippen LogP contribution in [0, 0.1) is 18.3 Å². The van der Waals surface area contributed by atoms with Crippen LogP contribution in [-0.2, 0) is 19.1 Å². The Morgan fingerprint density at radius 1 is 1.17 bits per heavy atom. The highest BCUT2D eigenvalue weighted by atomic mass is 16.5. The van der Waals surface area contributed by atoms with Gasteiger partial charge in [-0.15, -0.1) is 12.3 Å². The van der Waals surface area contributed by atoms with Crippen LogP contribution in [0.1, 0.15) is 29.9 Å². The van der Waals surface area contributed by atoms with Gasteiger partial charge in [-0.3, -0.25) is 4.79 Å². The Morgan fingerprint density at radius 3 is 2.43 bits per heavy atom. The molecule has 3 aliphatic rings. The van der Waals surface area contributed by atoms with Gasteiger partial charge in [0.15, 0.2) is 5.60 Å². The van der Waals surface area contributed by atoms with Gasteiger partial charge in [0, 0.05) is 31.4 Å². The van der Waals surface area contributed by atoms with Crippen molar-refractivity contribution in [2.24, 2.45) is 5.92 Å². The van der Waals surface area contributed by atoms with Gasteiger partial charge in [0.1, 0.15) is 12.6 Å². The van der Waals surface area contributed by atoms with E-state index >= 15 is 0 Å². The first-order valence-corrected chi connectivity index (χ1v) is 11.7. The number of rotatable bonds is 6. The molecule has 0 aromatic heterocycles. The van der Waals surface area contributed by atoms with Crippen LogP contribution < -0.4 is 5.32 Å². The largest absolute Gasteiger partial charge is 0.479 e. The average molecular weight is 475 g/mol. The number of nitrogens with zero attached hydrogens (tertiary/aromatic N) is 1. The molecule has 2 amide bonds. The summed E-state index contributed by atoms with van der Waals surface area (Å²) in [5, 5.41) is 12.3. The summed E-state index contributed by atoms with van der Waals surface area (Å²) in [7, 11) is 0. The minimum atomic E-state index is -1.39. The number of carboxylic acids is 1. The van der Waals surface area contributed by atoms with Crippen molar-refractivity contribution in [3.8, 4) is 23.5 Å². The van der Waals surface area contributed by atoms with E-state index in [2.05, 4.69) is 23.4 Å². The quantitative estimate of drug-likeness (QED) is 0.624. The van der Waals surface area contributed by atoms with Gasteiger partial charge in [-0.2, -0.15) is 0 Å². The van der Waals surface area contributed by atoms with Crippen LogP contribution in [0.2, 0.25) is 0 Å². The molecule has 8 nitrogen and oxygen atoms in total. The Hall–Kier alpha value is -3.83. The third kappa shape index (κ3) is 3.92. The van der Waals surface area contributed by atoms with Crippen molar-refractivity contribution < 1.29 is 29.0 Å². The molecule has 35 heavy (non-hydrogen) atoms. The molecule has 0 saturated carbocycles. The second-order valence-electron chi connectivity index (χ2n) is 9.18. The number of carboxylic acid groups (broad SMARTS) is 1. The van der Waals surface area contributed by atoms with Crippen LogP contribution in [-0.4, -0.2) is 65.9 Å². The van der Waals surface area contributed by atoms with E-state index < -0.39 is 29.6 Å². The van der Waals surface area contributed by atoms with Crippen LogP contribution in [0.3, 0.4) is 0 Å². The van der Waals surface area contributed by atoms with Crippen molar-refractivity contribution in [1.82, 2.24) is 10.2 Å². The highest BCUT2D eigenvalue weighted by Gasteiger charge is 2.58. The number of hydrogen-bond acceptors (Lipinski definition) is 5. The number of carbonyl (C=O) groups is 3. The van der Waals surface area contributed by atoms with Crippen LogP contribution in [0.15, 0.2) is 48.5 Å². The molecule has 8 heteroatoms. The third-order valence-corrected chi connectivity index (χ3v) is 7.28. The molecule has 0 bridgehead atoms. The molecule has 2 aliphatic heterocycles. The summed E-state index contributed by atoms with van der Waals surface area (Å²) in [6, 6.07) is 15.0. The lowest BCUT2D eigenvalue weighted by Crippen LogP contribution is -2.50. The second kappa shape index (κ2) is 9.08. The predicted molar refractivity (Wildman–Crippen MR) is 126 cm³/mol. The molecule has 2 aromatic carbocycles. The molecule has 2 N–H and O–H groups in total. The van der Waals surface area contributed by atoms with Crippen molar-refractivity contribution >= 4 is 18.0 Å². The Kier molecular flexibility index (Phi) is 5.95. The number of hydrogen-bond donors (Lipinski definition) is 2. The molecule has 0 radical (unpaired) electrons. The second-order valence-corrected chi connectivity index (χ2v) is 9.18. The zero-order valence-electron chi connectivity index (χ0n) is 19.1. The normalized spacial score (nSPS) is 23.1. The van der Waals surface area contributed by atoms with E-state index in [1.807, 2.05) is 36.4 Å². The van der Waals surface area contributed by atoms with Gasteiger partial charge in [0.25, 0.3) is 0 Å². The SMILES string of the molecule is C#CCC(NC(=O)OCC1c2ccccc2-c2ccccc21)C(=O)N1CC2CCOC2(C(=O)O)C1. The number of alkyl carbamates (subject to hydrolysis) is 1. The molecule has 0 spiro atoms. The lowest BCUT2D eigenvalue weighted by Gasteiger charge is -2.25. The van der Waals surface area contributed by atoms with Gasteiger partial charge in [0.05, 0.1) is 6.54 Å². The summed E-state index contributed by atoms with van der Waals surface area (Å²) in [5.74, 6) is 0.510. The lowest BCUT2D eigenvalue weighted by atomic mass is 9.91. The summed E-state index contributed by atoms with van der Waals surface area (Å²) in [6.45, 7) is 0.640. The number of aliphatic carboxylic acids is 1. The monoisotopic (exact) mass is 474 g/mol. The van der Waals surface area contributed by atoms with Gasteiger partial charge >= 0.3 is 12.1 Å². The number of ether oxygens (including phenoxy) is 2. The Balaban J connectivity index is 1.25. The van der Waals surface area contributed by atoms with Crippen LogP contribution in [0.25, 0.3) is 11.1 Å². The number of benzene rings is 2. The number of nitrogens with one attached hydrogen (secondary N) is 1. The maximum Gasteiger partial charge on any atom is 0.407 e. The maximum absolute atomic E-state index is 13.2. The van der Waals surface area contributed by atoms with E-state index in [4.69, 9.17) is 15.9 Å². The lowest BCUT2D eigenvalue weighted by molar-refractivity contribution is -0.161. The fourth-order valence-corrected chi connectivity index (χ4v) is 5.55. The van der Waals surface area contributed by atoms with Gasteiger partial charge in [-0.05, 0) is 28.7 Å². The van der Waals surface area contributed by atoms with Gasteiger partial charge in [0.2, 0.25) is 5.91 Å². The molecule has 3 unspecified atom stereocenters. The summed E-state index contributed by atoms with van der Waals surface area (Å²) >= 11 is 0. The minimum Gasteiger partial charge on any atom is -0.479 e. The zero-order chi connectivity index (χ0) is 24.6. The van der Waals surface area contributed by atoms with Gasteiger partial charge in [-0.1, -0.05) is 48.5 Å². The first-order chi connectivity index (χ1) is 16.9. The number of likely N-dealkylation sites (tertiary alicyclic amines) is 1. The number of carbonyl (C=O) groups excluding carboxylic acids is 2. The molecule has 2 fully saturated rings. The van der Waals surface area contributed by atoms with Gasteiger partial charge < -0.3 is 24.8 Å². The van der Waals surface area contributed by atoms with E-state index in [0.717, 1.165) is 22.3 Å². The fourth-order valence-electron chi connectivity index (χ4n) is 5.55. The average Bonchev–Trinajstić information content (AvgIpc) is 3.52. The molecule has 2 saturated heterocycles. The molecule has 5 rings (SSSR count).